The number of benzene rings is 1. The SMILES string of the molecule is CCc1ccc(C[C@]23CCC(=O)C=C2CC[C@H]2[C@@H]4CCC(=O)[C@@]4(C)CC[C@]23O)cc1. The largest absolute Gasteiger partial charge is 0.389 e. The molecular formula is C27H34O3. The van der Waals surface area contributed by atoms with Gasteiger partial charge in [-0.15, -0.1) is 0 Å². The molecule has 3 heteroatoms. The minimum absolute atomic E-state index is 0.156. The number of ketones is 2. The van der Waals surface area contributed by atoms with Gasteiger partial charge in [-0.1, -0.05) is 43.7 Å². The molecule has 30 heavy (non-hydrogen) atoms. The molecule has 3 fully saturated rings. The van der Waals surface area contributed by atoms with Crippen LogP contribution in [-0.2, 0) is 22.4 Å². The van der Waals surface area contributed by atoms with Crippen molar-refractivity contribution in [2.24, 2.45) is 22.7 Å². The molecule has 3 saturated carbocycles. The van der Waals surface area contributed by atoms with Gasteiger partial charge in [0.05, 0.1) is 5.60 Å². The Kier molecular flexibility index (Phi) is 4.63. The molecule has 0 aromatic heterocycles. The van der Waals surface area contributed by atoms with Gasteiger partial charge >= 0.3 is 0 Å². The second-order valence-corrected chi connectivity index (χ2v) is 10.6. The average molecular weight is 407 g/mol. The van der Waals surface area contributed by atoms with E-state index in [0.29, 0.717) is 25.0 Å². The molecule has 1 aromatic rings. The van der Waals surface area contributed by atoms with Crippen LogP contribution in [0.3, 0.4) is 0 Å². The summed E-state index contributed by atoms with van der Waals surface area (Å²) in [6.07, 6.45) is 9.76. The van der Waals surface area contributed by atoms with Gasteiger partial charge in [-0.3, -0.25) is 9.59 Å². The number of aliphatic hydroxyl groups is 1. The van der Waals surface area contributed by atoms with Crippen LogP contribution >= 0.6 is 0 Å². The zero-order valence-corrected chi connectivity index (χ0v) is 18.4. The van der Waals surface area contributed by atoms with Crippen LogP contribution in [0.15, 0.2) is 35.9 Å². The normalized spacial score (nSPS) is 40.4. The molecule has 0 amide bonds. The fraction of sp³-hybridized carbons (Fsp3) is 0.630. The molecule has 5 rings (SSSR count). The van der Waals surface area contributed by atoms with Crippen LogP contribution in [0.4, 0.5) is 0 Å². The van der Waals surface area contributed by atoms with Gasteiger partial charge in [0.25, 0.3) is 0 Å². The molecule has 4 aliphatic rings. The Hall–Kier alpha value is -1.74. The van der Waals surface area contributed by atoms with Gasteiger partial charge < -0.3 is 5.11 Å². The fourth-order valence-corrected chi connectivity index (χ4v) is 7.69. The number of Topliss-reactive ketones (excluding diaryl/α,β-unsaturated/α-hetero) is 1. The van der Waals surface area contributed by atoms with Gasteiger partial charge in [0.1, 0.15) is 5.78 Å². The third kappa shape index (κ3) is 2.67. The van der Waals surface area contributed by atoms with E-state index in [-0.39, 0.29) is 28.4 Å². The van der Waals surface area contributed by atoms with Gasteiger partial charge in [0, 0.05) is 23.7 Å². The predicted molar refractivity (Wildman–Crippen MR) is 117 cm³/mol. The Morgan fingerprint density at radius 3 is 2.37 bits per heavy atom. The highest BCUT2D eigenvalue weighted by Crippen LogP contribution is 2.67. The Morgan fingerprint density at radius 1 is 0.933 bits per heavy atom. The maximum atomic E-state index is 12.7. The third-order valence-corrected chi connectivity index (χ3v) is 9.50. The number of fused-ring (bicyclic) bond motifs is 5. The van der Waals surface area contributed by atoms with Crippen molar-refractivity contribution in [1.29, 1.82) is 0 Å². The third-order valence-electron chi connectivity index (χ3n) is 9.50. The molecule has 0 bridgehead atoms. The summed E-state index contributed by atoms with van der Waals surface area (Å²) in [6, 6.07) is 8.81. The number of carbonyl (C=O) groups is 2. The summed E-state index contributed by atoms with van der Waals surface area (Å²) in [7, 11) is 0. The van der Waals surface area contributed by atoms with Crippen LogP contribution in [0.2, 0.25) is 0 Å². The van der Waals surface area contributed by atoms with Crippen LogP contribution in [0.1, 0.15) is 76.3 Å². The van der Waals surface area contributed by atoms with E-state index in [2.05, 4.69) is 38.1 Å². The summed E-state index contributed by atoms with van der Waals surface area (Å²) in [5, 5.41) is 12.5. The van der Waals surface area contributed by atoms with Crippen molar-refractivity contribution >= 4 is 11.6 Å². The number of carbonyl (C=O) groups excluding carboxylic acids is 2. The Bertz CT molecular complexity index is 913. The second kappa shape index (κ2) is 6.88. The molecule has 4 aliphatic carbocycles. The van der Waals surface area contributed by atoms with Gasteiger partial charge in [-0.25, -0.2) is 0 Å². The van der Waals surface area contributed by atoms with E-state index in [1.807, 2.05) is 6.08 Å². The van der Waals surface area contributed by atoms with Crippen LogP contribution < -0.4 is 0 Å². The Labute approximate surface area is 179 Å². The minimum atomic E-state index is -0.823. The average Bonchev–Trinajstić information content (AvgIpc) is 3.04. The zero-order chi connectivity index (χ0) is 21.1. The monoisotopic (exact) mass is 406 g/mol. The minimum Gasteiger partial charge on any atom is -0.389 e. The highest BCUT2D eigenvalue weighted by Gasteiger charge is 2.67. The van der Waals surface area contributed by atoms with Crippen molar-refractivity contribution in [2.45, 2.75) is 83.7 Å². The lowest BCUT2D eigenvalue weighted by molar-refractivity contribution is -0.193. The molecule has 3 nitrogen and oxygen atoms in total. The first kappa shape index (κ1) is 20.2. The van der Waals surface area contributed by atoms with Gasteiger partial charge in [-0.2, -0.15) is 0 Å². The van der Waals surface area contributed by atoms with E-state index in [4.69, 9.17) is 0 Å². The van der Waals surface area contributed by atoms with Crippen molar-refractivity contribution in [3.05, 3.63) is 47.0 Å². The summed E-state index contributed by atoms with van der Waals surface area (Å²) in [5.74, 6) is 1.05. The van der Waals surface area contributed by atoms with E-state index in [0.717, 1.165) is 44.9 Å². The molecule has 0 unspecified atom stereocenters. The van der Waals surface area contributed by atoms with E-state index in [9.17, 15) is 14.7 Å². The summed E-state index contributed by atoms with van der Waals surface area (Å²) in [4.78, 5) is 25.1. The molecule has 0 heterocycles. The molecule has 5 atom stereocenters. The number of hydrogen-bond acceptors (Lipinski definition) is 3. The molecule has 0 saturated heterocycles. The van der Waals surface area contributed by atoms with Crippen molar-refractivity contribution in [2.75, 3.05) is 0 Å². The summed E-state index contributed by atoms with van der Waals surface area (Å²) < 4.78 is 0. The highest BCUT2D eigenvalue weighted by molar-refractivity contribution is 5.92. The first-order valence-corrected chi connectivity index (χ1v) is 11.9. The second-order valence-electron chi connectivity index (χ2n) is 10.6. The summed E-state index contributed by atoms with van der Waals surface area (Å²) in [6.45, 7) is 4.32. The van der Waals surface area contributed by atoms with Crippen LogP contribution in [0, 0.1) is 22.7 Å². The smallest absolute Gasteiger partial charge is 0.155 e. The number of aryl methyl sites for hydroxylation is 1. The maximum absolute atomic E-state index is 12.7. The molecular weight excluding hydrogens is 372 g/mol. The predicted octanol–water partition coefficient (Wildman–Crippen LogP) is 4.99. The van der Waals surface area contributed by atoms with Crippen molar-refractivity contribution < 1.29 is 14.7 Å². The van der Waals surface area contributed by atoms with E-state index >= 15 is 0 Å². The fourth-order valence-electron chi connectivity index (χ4n) is 7.69. The maximum Gasteiger partial charge on any atom is 0.155 e. The molecule has 160 valence electrons. The standard InChI is InChI=1S/C27H34O3/c1-3-18-4-6-19(7-5-18)17-26-13-12-21(28)16-20(26)8-9-23-22-10-11-24(29)25(22,2)14-15-27(23,26)30/h4-7,16,22-23,30H,3,8-15,17H2,1-2H3/t22-,23-,25-,26+,27-/m0/s1. The van der Waals surface area contributed by atoms with Crippen LogP contribution in [0.25, 0.3) is 0 Å². The molecule has 1 aromatic carbocycles. The molecule has 0 spiro atoms. The molecule has 1 N–H and O–H groups in total. The Balaban J connectivity index is 1.58. The van der Waals surface area contributed by atoms with E-state index in [1.165, 1.54) is 16.7 Å². The first-order chi connectivity index (χ1) is 14.3. The zero-order valence-electron chi connectivity index (χ0n) is 18.4. The van der Waals surface area contributed by atoms with Gasteiger partial charge in [0.2, 0.25) is 0 Å². The quantitative estimate of drug-likeness (QED) is 0.770. The molecule has 0 radical (unpaired) electrons. The Morgan fingerprint density at radius 2 is 1.63 bits per heavy atom. The van der Waals surface area contributed by atoms with E-state index < -0.39 is 5.60 Å². The summed E-state index contributed by atoms with van der Waals surface area (Å²) in [5.41, 5.74) is 2.29. The highest BCUT2D eigenvalue weighted by atomic mass is 16.3. The lowest BCUT2D eigenvalue weighted by Crippen LogP contribution is -2.64. The van der Waals surface area contributed by atoms with Gasteiger partial charge in [-0.05, 0) is 80.4 Å². The van der Waals surface area contributed by atoms with Gasteiger partial charge in [0.15, 0.2) is 5.78 Å². The van der Waals surface area contributed by atoms with Crippen LogP contribution in [0.5, 0.6) is 0 Å². The lowest BCUT2D eigenvalue weighted by atomic mass is 9.43. The van der Waals surface area contributed by atoms with Crippen molar-refractivity contribution in [3.8, 4) is 0 Å². The summed E-state index contributed by atoms with van der Waals surface area (Å²) >= 11 is 0. The van der Waals surface area contributed by atoms with E-state index in [1.54, 1.807) is 0 Å². The van der Waals surface area contributed by atoms with Crippen molar-refractivity contribution in [3.63, 3.8) is 0 Å². The topological polar surface area (TPSA) is 54.4 Å². The first-order valence-electron chi connectivity index (χ1n) is 11.9. The van der Waals surface area contributed by atoms with Crippen LogP contribution in [-0.4, -0.2) is 22.3 Å². The molecule has 0 aliphatic heterocycles. The lowest BCUT2D eigenvalue weighted by Gasteiger charge is -2.63. The van der Waals surface area contributed by atoms with Crippen molar-refractivity contribution in [1.82, 2.24) is 0 Å². The number of rotatable bonds is 3. The number of hydrogen-bond donors (Lipinski definition) is 1.